The lowest BCUT2D eigenvalue weighted by Gasteiger charge is -2.15. The van der Waals surface area contributed by atoms with Crippen LogP contribution < -0.4 is 10.9 Å². The molecule has 20 heavy (non-hydrogen) atoms. The molecule has 0 radical (unpaired) electrons. The molecule has 1 heterocycles. The van der Waals surface area contributed by atoms with Crippen molar-refractivity contribution in [3.63, 3.8) is 0 Å². The van der Waals surface area contributed by atoms with Gasteiger partial charge in [-0.2, -0.15) is 0 Å². The Bertz CT molecular complexity index is 535. The Balaban J connectivity index is 2.04. The lowest BCUT2D eigenvalue weighted by atomic mass is 9.97. The van der Waals surface area contributed by atoms with E-state index < -0.39 is 11.9 Å². The lowest BCUT2D eigenvalue weighted by molar-refractivity contribution is -0.141. The largest absolute Gasteiger partial charge is 0.481 e. The van der Waals surface area contributed by atoms with Crippen LogP contribution in [0.1, 0.15) is 39.2 Å². The average Bonchev–Trinajstić information content (AvgIpc) is 3.19. The van der Waals surface area contributed by atoms with Gasteiger partial charge in [-0.05, 0) is 25.2 Å². The van der Waals surface area contributed by atoms with Gasteiger partial charge in [-0.15, -0.1) is 0 Å². The summed E-state index contributed by atoms with van der Waals surface area (Å²) >= 11 is 0. The molecule has 1 aliphatic carbocycles. The second-order valence-electron chi connectivity index (χ2n) is 5.77. The summed E-state index contributed by atoms with van der Waals surface area (Å²) in [5, 5.41) is 12.1. The van der Waals surface area contributed by atoms with E-state index >= 15 is 0 Å². The summed E-state index contributed by atoms with van der Waals surface area (Å²) in [7, 11) is 0. The van der Waals surface area contributed by atoms with Crippen molar-refractivity contribution in [2.24, 2.45) is 11.8 Å². The fourth-order valence-electron chi connectivity index (χ4n) is 2.25. The van der Waals surface area contributed by atoms with Crippen LogP contribution >= 0.6 is 0 Å². The number of anilines is 1. The highest BCUT2D eigenvalue weighted by Crippen LogP contribution is 2.33. The Morgan fingerprint density at radius 2 is 2.25 bits per heavy atom. The molecule has 0 aliphatic heterocycles. The van der Waals surface area contributed by atoms with E-state index in [0.717, 1.165) is 12.8 Å². The fourth-order valence-corrected chi connectivity index (χ4v) is 2.25. The second-order valence-corrected chi connectivity index (χ2v) is 5.77. The Kier molecular flexibility index (Phi) is 4.42. The Morgan fingerprint density at radius 3 is 2.80 bits per heavy atom. The van der Waals surface area contributed by atoms with Gasteiger partial charge in [-0.25, -0.2) is 4.98 Å². The van der Waals surface area contributed by atoms with E-state index in [2.05, 4.69) is 10.3 Å². The van der Waals surface area contributed by atoms with Gasteiger partial charge in [-0.1, -0.05) is 13.8 Å². The maximum atomic E-state index is 12.1. The molecule has 1 saturated carbocycles. The van der Waals surface area contributed by atoms with Crippen LogP contribution in [-0.2, 0) is 4.79 Å². The van der Waals surface area contributed by atoms with Crippen molar-refractivity contribution in [3.05, 3.63) is 22.7 Å². The zero-order valence-corrected chi connectivity index (χ0v) is 11.9. The molecule has 1 atom stereocenters. The minimum absolute atomic E-state index is 0.163. The van der Waals surface area contributed by atoms with Crippen molar-refractivity contribution >= 4 is 11.8 Å². The third-order valence-corrected chi connectivity index (χ3v) is 3.43. The summed E-state index contributed by atoms with van der Waals surface area (Å²) in [6.45, 7) is 4.19. The first kappa shape index (κ1) is 14.6. The third kappa shape index (κ3) is 3.59. The smallest absolute Gasteiger partial charge is 0.308 e. The van der Waals surface area contributed by atoms with Crippen molar-refractivity contribution in [1.29, 1.82) is 0 Å². The first-order chi connectivity index (χ1) is 9.49. The monoisotopic (exact) mass is 279 g/mol. The van der Waals surface area contributed by atoms with E-state index in [0.29, 0.717) is 12.3 Å². The van der Waals surface area contributed by atoms with Crippen LogP contribution in [0.2, 0.25) is 0 Å². The van der Waals surface area contributed by atoms with Crippen molar-refractivity contribution in [2.75, 3.05) is 11.9 Å². The van der Waals surface area contributed by atoms with E-state index in [1.165, 1.54) is 0 Å². The number of nitrogens with one attached hydrogen (secondary N) is 1. The van der Waals surface area contributed by atoms with Gasteiger partial charge in [-0.3, -0.25) is 9.59 Å². The van der Waals surface area contributed by atoms with Gasteiger partial charge in [0, 0.05) is 25.0 Å². The highest BCUT2D eigenvalue weighted by atomic mass is 16.4. The summed E-state index contributed by atoms with van der Waals surface area (Å²) < 4.78 is 1.67. The number of hydrogen-bond donors (Lipinski definition) is 2. The second kappa shape index (κ2) is 6.07. The minimum atomic E-state index is -0.843. The molecule has 110 valence electrons. The lowest BCUT2D eigenvalue weighted by Crippen LogP contribution is -2.29. The standard InChI is InChI=1S/C14H21N3O3/c1-9(2)7-10(14(19)20)8-16-12-13(18)17(6-5-15-12)11-3-4-11/h5-6,9-11H,3-4,7-8H2,1-2H3,(H,15,16)(H,19,20). The number of hydrogen-bond acceptors (Lipinski definition) is 4. The Labute approximate surface area is 117 Å². The third-order valence-electron chi connectivity index (χ3n) is 3.43. The maximum Gasteiger partial charge on any atom is 0.308 e. The van der Waals surface area contributed by atoms with Gasteiger partial charge >= 0.3 is 5.97 Å². The molecule has 6 nitrogen and oxygen atoms in total. The van der Waals surface area contributed by atoms with Crippen molar-refractivity contribution in [1.82, 2.24) is 9.55 Å². The van der Waals surface area contributed by atoms with Crippen LogP contribution in [0.5, 0.6) is 0 Å². The number of nitrogens with zero attached hydrogens (tertiary/aromatic N) is 2. The summed E-state index contributed by atoms with van der Waals surface area (Å²) in [4.78, 5) is 27.4. The molecule has 1 aromatic rings. The van der Waals surface area contributed by atoms with E-state index in [1.807, 2.05) is 13.8 Å². The predicted molar refractivity (Wildman–Crippen MR) is 75.8 cm³/mol. The normalized spacial score (nSPS) is 16.1. The van der Waals surface area contributed by atoms with E-state index in [1.54, 1.807) is 17.0 Å². The summed E-state index contributed by atoms with van der Waals surface area (Å²) in [5.74, 6) is -0.811. The quantitative estimate of drug-likeness (QED) is 0.794. The molecule has 0 amide bonds. The van der Waals surface area contributed by atoms with Gasteiger partial charge in [0.25, 0.3) is 5.56 Å². The SMILES string of the molecule is CC(C)CC(CNc1nccn(C2CC2)c1=O)C(=O)O. The zero-order valence-electron chi connectivity index (χ0n) is 11.9. The van der Waals surface area contributed by atoms with Gasteiger partial charge in [0.05, 0.1) is 5.92 Å². The van der Waals surface area contributed by atoms with Crippen LogP contribution in [0.25, 0.3) is 0 Å². The maximum absolute atomic E-state index is 12.1. The van der Waals surface area contributed by atoms with Gasteiger partial charge < -0.3 is 15.0 Å². The number of aliphatic carboxylic acids is 1. The molecular weight excluding hydrogens is 258 g/mol. The number of rotatable bonds is 7. The molecule has 1 aliphatic rings. The molecule has 1 aromatic heterocycles. The summed E-state index contributed by atoms with van der Waals surface area (Å²) in [6.07, 6.45) is 5.89. The number of carbonyl (C=O) groups is 1. The average molecular weight is 279 g/mol. The molecule has 6 heteroatoms. The number of carboxylic acid groups (broad SMARTS) is 1. The van der Waals surface area contributed by atoms with Gasteiger partial charge in [0.2, 0.25) is 0 Å². The fraction of sp³-hybridized carbons (Fsp3) is 0.643. The number of aromatic nitrogens is 2. The molecule has 0 spiro atoms. The first-order valence-electron chi connectivity index (χ1n) is 7.03. The van der Waals surface area contributed by atoms with E-state index in [9.17, 15) is 14.7 Å². The van der Waals surface area contributed by atoms with Crippen molar-refractivity contribution in [2.45, 2.75) is 39.2 Å². The molecular formula is C14H21N3O3. The molecule has 2 N–H and O–H groups in total. The summed E-state index contributed by atoms with van der Waals surface area (Å²) in [5.41, 5.74) is -0.163. The van der Waals surface area contributed by atoms with E-state index in [-0.39, 0.29) is 24.0 Å². The van der Waals surface area contributed by atoms with Crippen LogP contribution in [0, 0.1) is 11.8 Å². The predicted octanol–water partition coefficient (Wildman–Crippen LogP) is 1.74. The van der Waals surface area contributed by atoms with Crippen molar-refractivity contribution < 1.29 is 9.90 Å². The van der Waals surface area contributed by atoms with Crippen LogP contribution in [0.4, 0.5) is 5.82 Å². The Hall–Kier alpha value is -1.85. The van der Waals surface area contributed by atoms with Crippen molar-refractivity contribution in [3.8, 4) is 0 Å². The Morgan fingerprint density at radius 1 is 1.55 bits per heavy atom. The highest BCUT2D eigenvalue weighted by Gasteiger charge is 2.25. The van der Waals surface area contributed by atoms with E-state index in [4.69, 9.17) is 0 Å². The topological polar surface area (TPSA) is 84.2 Å². The molecule has 1 fully saturated rings. The molecule has 0 saturated heterocycles. The highest BCUT2D eigenvalue weighted by molar-refractivity contribution is 5.70. The van der Waals surface area contributed by atoms with Crippen LogP contribution in [-0.4, -0.2) is 27.2 Å². The molecule has 0 bridgehead atoms. The molecule has 2 rings (SSSR count). The first-order valence-corrected chi connectivity index (χ1v) is 7.03. The van der Waals surface area contributed by atoms with Crippen LogP contribution in [0.15, 0.2) is 17.2 Å². The van der Waals surface area contributed by atoms with Crippen LogP contribution in [0.3, 0.4) is 0 Å². The minimum Gasteiger partial charge on any atom is -0.481 e. The van der Waals surface area contributed by atoms with Gasteiger partial charge in [0.15, 0.2) is 5.82 Å². The zero-order chi connectivity index (χ0) is 14.7. The summed E-state index contributed by atoms with van der Waals surface area (Å²) in [6, 6.07) is 0.289. The number of carboxylic acids is 1. The molecule has 1 unspecified atom stereocenters. The molecule has 0 aromatic carbocycles. The van der Waals surface area contributed by atoms with Gasteiger partial charge in [0.1, 0.15) is 0 Å².